The number of carbonyl (C=O) groups excluding carboxylic acids is 1. The Kier molecular flexibility index (Phi) is 5.04. The van der Waals surface area contributed by atoms with Crippen LogP contribution in [0.3, 0.4) is 0 Å². The first-order chi connectivity index (χ1) is 11.7. The molecule has 126 valence electrons. The lowest BCUT2D eigenvalue weighted by molar-refractivity contribution is -0.132. The standard InChI is InChI=1S/C20H23NO3/c1-23-18-9-5-8-16(20(18)24-2)10-11-19(22)21-13-12-15-6-3-4-7-17(15)14-21/h3-9H,10-14H2,1-2H3. The SMILES string of the molecule is COc1cccc(CCC(=O)N2CCc3ccccc3C2)c1OC. The molecule has 0 saturated carbocycles. The Morgan fingerprint density at radius 3 is 2.58 bits per heavy atom. The van der Waals surface area contributed by atoms with Crippen molar-refractivity contribution >= 4 is 5.91 Å². The summed E-state index contributed by atoms with van der Waals surface area (Å²) in [4.78, 5) is 14.5. The van der Waals surface area contributed by atoms with E-state index in [0.29, 0.717) is 25.1 Å². The molecule has 0 radical (unpaired) electrons. The van der Waals surface area contributed by atoms with Gasteiger partial charge in [0.25, 0.3) is 0 Å². The molecule has 0 aromatic heterocycles. The second-order valence-corrected chi connectivity index (χ2v) is 5.99. The third-order valence-electron chi connectivity index (χ3n) is 4.58. The van der Waals surface area contributed by atoms with E-state index in [4.69, 9.17) is 9.47 Å². The zero-order valence-corrected chi connectivity index (χ0v) is 14.2. The van der Waals surface area contributed by atoms with Crippen LogP contribution in [0.1, 0.15) is 23.1 Å². The Morgan fingerprint density at radius 1 is 1.04 bits per heavy atom. The number of hydrogen-bond donors (Lipinski definition) is 0. The van der Waals surface area contributed by atoms with Crippen LogP contribution in [0.4, 0.5) is 0 Å². The number of ether oxygens (including phenoxy) is 2. The molecule has 0 saturated heterocycles. The fourth-order valence-electron chi connectivity index (χ4n) is 3.26. The molecule has 0 aliphatic carbocycles. The number of carbonyl (C=O) groups is 1. The van der Waals surface area contributed by atoms with Gasteiger partial charge in [-0.1, -0.05) is 36.4 Å². The molecule has 2 aromatic rings. The van der Waals surface area contributed by atoms with Crippen molar-refractivity contribution in [3.05, 3.63) is 59.2 Å². The quantitative estimate of drug-likeness (QED) is 0.847. The number of methoxy groups -OCH3 is 2. The number of benzene rings is 2. The maximum atomic E-state index is 12.6. The van der Waals surface area contributed by atoms with Crippen molar-refractivity contribution in [1.29, 1.82) is 0 Å². The molecule has 2 aromatic carbocycles. The van der Waals surface area contributed by atoms with Gasteiger partial charge >= 0.3 is 0 Å². The molecule has 0 spiro atoms. The number of fused-ring (bicyclic) bond motifs is 1. The zero-order chi connectivity index (χ0) is 16.9. The molecule has 0 bridgehead atoms. The highest BCUT2D eigenvalue weighted by Crippen LogP contribution is 2.31. The Labute approximate surface area is 143 Å². The molecular formula is C20H23NO3. The summed E-state index contributed by atoms with van der Waals surface area (Å²) in [6.45, 7) is 1.51. The first kappa shape index (κ1) is 16.4. The fourth-order valence-corrected chi connectivity index (χ4v) is 3.26. The molecule has 1 amide bonds. The second-order valence-electron chi connectivity index (χ2n) is 5.99. The van der Waals surface area contributed by atoms with Crippen LogP contribution >= 0.6 is 0 Å². The molecule has 4 nitrogen and oxygen atoms in total. The molecule has 0 atom stereocenters. The average molecular weight is 325 g/mol. The summed E-state index contributed by atoms with van der Waals surface area (Å²) in [7, 11) is 3.25. The molecule has 0 N–H and O–H groups in total. The topological polar surface area (TPSA) is 38.8 Å². The number of para-hydroxylation sites is 1. The second kappa shape index (κ2) is 7.39. The van der Waals surface area contributed by atoms with Crippen LogP contribution in [0.2, 0.25) is 0 Å². The van der Waals surface area contributed by atoms with E-state index in [-0.39, 0.29) is 5.91 Å². The van der Waals surface area contributed by atoms with E-state index in [1.54, 1.807) is 14.2 Å². The van der Waals surface area contributed by atoms with Crippen LogP contribution in [0.15, 0.2) is 42.5 Å². The number of aryl methyl sites for hydroxylation is 1. The number of rotatable bonds is 5. The zero-order valence-electron chi connectivity index (χ0n) is 14.2. The largest absolute Gasteiger partial charge is 0.493 e. The summed E-state index contributed by atoms with van der Waals surface area (Å²) < 4.78 is 10.8. The lowest BCUT2D eigenvalue weighted by Gasteiger charge is -2.29. The summed E-state index contributed by atoms with van der Waals surface area (Å²) >= 11 is 0. The van der Waals surface area contributed by atoms with Crippen molar-refractivity contribution in [2.45, 2.75) is 25.8 Å². The van der Waals surface area contributed by atoms with Gasteiger partial charge in [-0.05, 0) is 35.6 Å². The Balaban J connectivity index is 1.65. The number of nitrogens with zero attached hydrogens (tertiary/aromatic N) is 1. The molecule has 1 aliphatic heterocycles. The minimum atomic E-state index is 0.189. The van der Waals surface area contributed by atoms with E-state index in [9.17, 15) is 4.79 Å². The van der Waals surface area contributed by atoms with Gasteiger partial charge in [-0.2, -0.15) is 0 Å². The summed E-state index contributed by atoms with van der Waals surface area (Å²) in [5.41, 5.74) is 3.62. The molecule has 0 fully saturated rings. The molecular weight excluding hydrogens is 302 g/mol. The summed E-state index contributed by atoms with van der Waals surface area (Å²) in [5.74, 6) is 1.61. The summed E-state index contributed by atoms with van der Waals surface area (Å²) in [5, 5.41) is 0. The lowest BCUT2D eigenvalue weighted by Crippen LogP contribution is -2.36. The highest BCUT2D eigenvalue weighted by atomic mass is 16.5. The highest BCUT2D eigenvalue weighted by Gasteiger charge is 2.20. The predicted molar refractivity (Wildman–Crippen MR) is 93.4 cm³/mol. The molecule has 0 unspecified atom stereocenters. The minimum Gasteiger partial charge on any atom is -0.493 e. The van der Waals surface area contributed by atoms with Crippen molar-refractivity contribution in [1.82, 2.24) is 4.90 Å². The van der Waals surface area contributed by atoms with Gasteiger partial charge in [0, 0.05) is 19.5 Å². The molecule has 4 heteroatoms. The van der Waals surface area contributed by atoms with Crippen molar-refractivity contribution in [2.75, 3.05) is 20.8 Å². The van der Waals surface area contributed by atoms with Crippen LogP contribution in [-0.4, -0.2) is 31.6 Å². The van der Waals surface area contributed by atoms with Crippen molar-refractivity contribution in [3.8, 4) is 11.5 Å². The van der Waals surface area contributed by atoms with Gasteiger partial charge in [-0.15, -0.1) is 0 Å². The Morgan fingerprint density at radius 2 is 1.83 bits per heavy atom. The smallest absolute Gasteiger partial charge is 0.223 e. The van der Waals surface area contributed by atoms with E-state index in [2.05, 4.69) is 18.2 Å². The van der Waals surface area contributed by atoms with Gasteiger partial charge in [0.05, 0.1) is 14.2 Å². The van der Waals surface area contributed by atoms with E-state index < -0.39 is 0 Å². The van der Waals surface area contributed by atoms with Crippen molar-refractivity contribution in [3.63, 3.8) is 0 Å². The third kappa shape index (κ3) is 3.37. The van der Waals surface area contributed by atoms with Gasteiger partial charge in [0.2, 0.25) is 5.91 Å². The molecule has 1 aliphatic rings. The van der Waals surface area contributed by atoms with Gasteiger partial charge in [0.15, 0.2) is 11.5 Å². The van der Waals surface area contributed by atoms with Crippen molar-refractivity contribution in [2.24, 2.45) is 0 Å². The first-order valence-corrected chi connectivity index (χ1v) is 8.27. The highest BCUT2D eigenvalue weighted by molar-refractivity contribution is 5.77. The van der Waals surface area contributed by atoms with Gasteiger partial charge in [-0.3, -0.25) is 4.79 Å². The van der Waals surface area contributed by atoms with Crippen LogP contribution in [0.5, 0.6) is 11.5 Å². The first-order valence-electron chi connectivity index (χ1n) is 8.27. The molecule has 3 rings (SSSR count). The summed E-state index contributed by atoms with van der Waals surface area (Å²) in [6.07, 6.45) is 2.06. The third-order valence-corrected chi connectivity index (χ3v) is 4.58. The van der Waals surface area contributed by atoms with Crippen molar-refractivity contribution < 1.29 is 14.3 Å². The Bertz CT molecular complexity index is 727. The van der Waals surface area contributed by atoms with Crippen LogP contribution < -0.4 is 9.47 Å². The Hall–Kier alpha value is -2.49. The van der Waals surface area contributed by atoms with E-state index in [1.807, 2.05) is 29.2 Å². The number of hydrogen-bond acceptors (Lipinski definition) is 3. The minimum absolute atomic E-state index is 0.189. The number of amides is 1. The van der Waals surface area contributed by atoms with Gasteiger partial charge in [0.1, 0.15) is 0 Å². The average Bonchev–Trinajstić information content (AvgIpc) is 2.65. The van der Waals surface area contributed by atoms with E-state index in [1.165, 1.54) is 11.1 Å². The van der Waals surface area contributed by atoms with Gasteiger partial charge in [-0.25, -0.2) is 0 Å². The summed E-state index contributed by atoms with van der Waals surface area (Å²) in [6, 6.07) is 14.1. The van der Waals surface area contributed by atoms with Gasteiger partial charge < -0.3 is 14.4 Å². The van der Waals surface area contributed by atoms with E-state index in [0.717, 1.165) is 24.3 Å². The normalized spacial score (nSPS) is 13.3. The fraction of sp³-hybridized carbons (Fsp3) is 0.350. The van der Waals surface area contributed by atoms with Crippen LogP contribution in [0, 0.1) is 0 Å². The molecule has 24 heavy (non-hydrogen) atoms. The molecule has 1 heterocycles. The lowest BCUT2D eigenvalue weighted by atomic mass is 9.99. The maximum Gasteiger partial charge on any atom is 0.223 e. The van der Waals surface area contributed by atoms with Crippen LogP contribution in [0.25, 0.3) is 0 Å². The van der Waals surface area contributed by atoms with E-state index >= 15 is 0 Å². The monoisotopic (exact) mass is 325 g/mol. The maximum absolute atomic E-state index is 12.6. The van der Waals surface area contributed by atoms with Crippen LogP contribution in [-0.2, 0) is 24.2 Å². The predicted octanol–water partition coefficient (Wildman–Crippen LogP) is 3.22.